The third-order valence-corrected chi connectivity index (χ3v) is 4.02. The Balaban J connectivity index is 1.95. The van der Waals surface area contributed by atoms with Crippen molar-refractivity contribution in [2.24, 2.45) is 17.6 Å². The summed E-state index contributed by atoms with van der Waals surface area (Å²) in [5, 5.41) is 2.72. The van der Waals surface area contributed by atoms with Crippen LogP contribution in [0.4, 0.5) is 13.2 Å². The van der Waals surface area contributed by atoms with Crippen LogP contribution in [0.3, 0.4) is 0 Å². The summed E-state index contributed by atoms with van der Waals surface area (Å²) in [5.41, 5.74) is 5.38. The lowest BCUT2D eigenvalue weighted by Gasteiger charge is -2.17. The number of halogens is 3. The van der Waals surface area contributed by atoms with Gasteiger partial charge < -0.3 is 11.1 Å². The first-order chi connectivity index (χ1) is 9.91. The predicted octanol–water partition coefficient (Wildman–Crippen LogP) is 2.70. The van der Waals surface area contributed by atoms with Gasteiger partial charge in [-0.2, -0.15) is 13.2 Å². The number of nitrogens with two attached hydrogens (primary N) is 1. The molecule has 0 heterocycles. The van der Waals surface area contributed by atoms with E-state index in [2.05, 4.69) is 5.32 Å². The number of carbonyl (C=O) groups excluding carboxylic acids is 1. The van der Waals surface area contributed by atoms with E-state index in [1.165, 1.54) is 6.07 Å². The van der Waals surface area contributed by atoms with E-state index >= 15 is 0 Å². The lowest BCUT2D eigenvalue weighted by molar-refractivity contribution is -0.137. The van der Waals surface area contributed by atoms with Gasteiger partial charge in [0.05, 0.1) is 5.56 Å². The van der Waals surface area contributed by atoms with Gasteiger partial charge in [0.1, 0.15) is 0 Å². The third kappa shape index (κ3) is 3.97. The molecule has 1 aliphatic rings. The van der Waals surface area contributed by atoms with Crippen LogP contribution in [0.2, 0.25) is 0 Å². The van der Waals surface area contributed by atoms with Crippen molar-refractivity contribution in [1.82, 2.24) is 5.32 Å². The third-order valence-electron chi connectivity index (χ3n) is 4.02. The zero-order valence-corrected chi connectivity index (χ0v) is 11.6. The summed E-state index contributed by atoms with van der Waals surface area (Å²) in [5.74, 6) is -0.0346. The number of amides is 1. The molecule has 3 N–H and O–H groups in total. The normalized spacial score (nSPS) is 22.3. The maximum atomic E-state index is 12.6. The van der Waals surface area contributed by atoms with E-state index in [0.717, 1.165) is 31.4 Å². The number of rotatable bonds is 4. The Morgan fingerprint density at radius 1 is 1.33 bits per heavy atom. The minimum Gasteiger partial charge on any atom is -0.352 e. The molecule has 0 aromatic heterocycles. The lowest BCUT2D eigenvalue weighted by Crippen LogP contribution is -2.34. The number of carbonyl (C=O) groups is 1. The van der Waals surface area contributed by atoms with Crippen molar-refractivity contribution in [2.75, 3.05) is 6.54 Å². The van der Waals surface area contributed by atoms with Gasteiger partial charge in [0.15, 0.2) is 0 Å². The second-order valence-corrected chi connectivity index (χ2v) is 5.45. The summed E-state index contributed by atoms with van der Waals surface area (Å²) in [6, 6.07) is 5.01. The molecule has 0 radical (unpaired) electrons. The molecule has 1 aromatic rings. The van der Waals surface area contributed by atoms with Gasteiger partial charge in [0.2, 0.25) is 5.91 Å². The van der Waals surface area contributed by atoms with Gasteiger partial charge in [0, 0.05) is 12.5 Å². The summed E-state index contributed by atoms with van der Waals surface area (Å²) >= 11 is 0. The molecule has 2 rings (SSSR count). The zero-order chi connectivity index (χ0) is 15.5. The van der Waals surface area contributed by atoms with E-state index in [1.54, 1.807) is 6.07 Å². The van der Waals surface area contributed by atoms with E-state index in [1.807, 2.05) is 0 Å². The van der Waals surface area contributed by atoms with E-state index in [-0.39, 0.29) is 24.3 Å². The molecule has 1 fully saturated rings. The number of alkyl halides is 3. The molecule has 3 nitrogen and oxygen atoms in total. The van der Waals surface area contributed by atoms with Crippen LogP contribution in [0, 0.1) is 11.8 Å². The molecule has 0 aliphatic heterocycles. The maximum absolute atomic E-state index is 12.6. The van der Waals surface area contributed by atoms with Crippen LogP contribution < -0.4 is 11.1 Å². The molecule has 1 amide bonds. The summed E-state index contributed by atoms with van der Waals surface area (Å²) in [4.78, 5) is 12.1. The van der Waals surface area contributed by atoms with Crippen molar-refractivity contribution in [3.63, 3.8) is 0 Å². The van der Waals surface area contributed by atoms with Gasteiger partial charge in [-0.1, -0.05) is 18.6 Å². The highest BCUT2D eigenvalue weighted by Gasteiger charge is 2.32. The highest BCUT2D eigenvalue weighted by molar-refractivity contribution is 5.79. The molecule has 6 heteroatoms. The van der Waals surface area contributed by atoms with Crippen LogP contribution in [0.5, 0.6) is 0 Å². The molecule has 0 bridgehead atoms. The first-order valence-corrected chi connectivity index (χ1v) is 7.05. The standard InChI is InChI=1S/C15H19F3N2O/c16-15(17,18)12-5-1-3-10(7-12)9-20-14(21)13-6-2-4-11(13)8-19/h1,3,5,7,11,13H,2,4,6,8-9,19H2,(H,20,21)/t11-,13-/m1/s1. The van der Waals surface area contributed by atoms with Gasteiger partial charge in [0.25, 0.3) is 0 Å². The Morgan fingerprint density at radius 2 is 2.10 bits per heavy atom. The van der Waals surface area contributed by atoms with Crippen LogP contribution in [0.15, 0.2) is 24.3 Å². The van der Waals surface area contributed by atoms with Crippen LogP contribution in [-0.4, -0.2) is 12.5 Å². The van der Waals surface area contributed by atoms with E-state index in [4.69, 9.17) is 5.73 Å². The SMILES string of the molecule is NC[C@H]1CCC[C@H]1C(=O)NCc1cccc(C(F)(F)F)c1. The first-order valence-electron chi connectivity index (χ1n) is 7.05. The van der Waals surface area contributed by atoms with Gasteiger partial charge in [-0.15, -0.1) is 0 Å². The monoisotopic (exact) mass is 300 g/mol. The average Bonchev–Trinajstić information content (AvgIpc) is 2.92. The van der Waals surface area contributed by atoms with Gasteiger partial charge in [-0.3, -0.25) is 4.79 Å². The van der Waals surface area contributed by atoms with Crippen molar-refractivity contribution >= 4 is 5.91 Å². The van der Waals surface area contributed by atoms with E-state index < -0.39 is 11.7 Å². The van der Waals surface area contributed by atoms with Crippen molar-refractivity contribution in [1.29, 1.82) is 0 Å². The Labute approximate surface area is 121 Å². The second-order valence-electron chi connectivity index (χ2n) is 5.45. The summed E-state index contributed by atoms with van der Waals surface area (Å²) in [6.07, 6.45) is -1.64. The van der Waals surface area contributed by atoms with Crippen molar-refractivity contribution in [2.45, 2.75) is 32.0 Å². The predicted molar refractivity (Wildman–Crippen MR) is 73.2 cm³/mol. The number of hydrogen-bond donors (Lipinski definition) is 2. The first kappa shape index (κ1) is 15.8. The quantitative estimate of drug-likeness (QED) is 0.898. The lowest BCUT2D eigenvalue weighted by atomic mass is 9.95. The molecule has 2 atom stereocenters. The number of hydrogen-bond acceptors (Lipinski definition) is 2. The molecular weight excluding hydrogens is 281 g/mol. The minimum absolute atomic E-state index is 0.108. The molecular formula is C15H19F3N2O. The summed E-state index contributed by atoms with van der Waals surface area (Å²) < 4.78 is 37.8. The molecule has 0 spiro atoms. The molecule has 1 saturated carbocycles. The van der Waals surface area contributed by atoms with Crippen LogP contribution in [0.1, 0.15) is 30.4 Å². The molecule has 116 valence electrons. The van der Waals surface area contributed by atoms with E-state index in [0.29, 0.717) is 12.1 Å². The van der Waals surface area contributed by atoms with Gasteiger partial charge in [-0.05, 0) is 43.0 Å². The zero-order valence-electron chi connectivity index (χ0n) is 11.6. The fourth-order valence-corrected chi connectivity index (χ4v) is 2.84. The molecule has 0 unspecified atom stereocenters. The Hall–Kier alpha value is -1.56. The number of nitrogens with one attached hydrogen (secondary N) is 1. The Kier molecular flexibility index (Phi) is 4.88. The highest BCUT2D eigenvalue weighted by Crippen LogP contribution is 2.31. The van der Waals surface area contributed by atoms with Crippen molar-refractivity contribution in [3.8, 4) is 0 Å². The van der Waals surface area contributed by atoms with Crippen LogP contribution in [0.25, 0.3) is 0 Å². The van der Waals surface area contributed by atoms with Crippen LogP contribution >= 0.6 is 0 Å². The Morgan fingerprint density at radius 3 is 2.76 bits per heavy atom. The fourth-order valence-electron chi connectivity index (χ4n) is 2.84. The van der Waals surface area contributed by atoms with E-state index in [9.17, 15) is 18.0 Å². The fraction of sp³-hybridized carbons (Fsp3) is 0.533. The van der Waals surface area contributed by atoms with Crippen molar-refractivity contribution < 1.29 is 18.0 Å². The minimum atomic E-state index is -4.36. The second kappa shape index (κ2) is 6.47. The highest BCUT2D eigenvalue weighted by atomic mass is 19.4. The summed E-state index contributed by atoms with van der Waals surface area (Å²) in [6.45, 7) is 0.582. The smallest absolute Gasteiger partial charge is 0.352 e. The largest absolute Gasteiger partial charge is 0.416 e. The van der Waals surface area contributed by atoms with Crippen molar-refractivity contribution in [3.05, 3.63) is 35.4 Å². The average molecular weight is 300 g/mol. The van der Waals surface area contributed by atoms with Crippen LogP contribution in [-0.2, 0) is 17.5 Å². The topological polar surface area (TPSA) is 55.1 Å². The van der Waals surface area contributed by atoms with Gasteiger partial charge in [-0.25, -0.2) is 0 Å². The number of benzene rings is 1. The Bertz CT molecular complexity index is 502. The summed E-state index contributed by atoms with van der Waals surface area (Å²) in [7, 11) is 0. The molecule has 21 heavy (non-hydrogen) atoms. The molecule has 1 aromatic carbocycles. The maximum Gasteiger partial charge on any atom is 0.416 e. The van der Waals surface area contributed by atoms with Gasteiger partial charge >= 0.3 is 6.18 Å². The molecule has 0 saturated heterocycles. The molecule has 1 aliphatic carbocycles.